The van der Waals surface area contributed by atoms with Gasteiger partial charge in [-0.15, -0.1) is 0 Å². The molecule has 0 fully saturated rings. The summed E-state index contributed by atoms with van der Waals surface area (Å²) in [7, 11) is 0. The van der Waals surface area contributed by atoms with Crippen molar-refractivity contribution in [3.05, 3.63) is 55.4 Å². The second-order valence-electron chi connectivity index (χ2n) is 2.66. The Kier molecular flexibility index (Phi) is 1.96. The standard InChI is InChI=1S/C11H10NO/c1-2-13-12-9-5-7-10-6-3-4-8-11(10)12/h2-9H,1H2/q+1. The number of para-hydroxylation sites is 1. The molecule has 0 unspecified atom stereocenters. The van der Waals surface area contributed by atoms with Crippen molar-refractivity contribution in [3.63, 3.8) is 0 Å². The van der Waals surface area contributed by atoms with E-state index in [1.54, 1.807) is 4.73 Å². The fraction of sp³-hybridized carbons (Fsp3) is 0. The molecule has 0 N–H and O–H groups in total. The molecule has 0 aliphatic carbocycles. The average molecular weight is 172 g/mol. The number of hydrogen-bond donors (Lipinski definition) is 0. The molecule has 0 saturated carbocycles. The van der Waals surface area contributed by atoms with E-state index in [9.17, 15) is 0 Å². The number of aromatic nitrogens is 1. The van der Waals surface area contributed by atoms with Gasteiger partial charge in [0.2, 0.25) is 6.20 Å². The second kappa shape index (κ2) is 3.27. The summed E-state index contributed by atoms with van der Waals surface area (Å²) in [5.74, 6) is 0. The van der Waals surface area contributed by atoms with E-state index in [4.69, 9.17) is 4.84 Å². The lowest BCUT2D eigenvalue weighted by Crippen LogP contribution is -2.39. The number of hydrogen-bond acceptors (Lipinski definition) is 1. The summed E-state index contributed by atoms with van der Waals surface area (Å²) in [6, 6.07) is 12.0. The Morgan fingerprint density at radius 2 is 1.92 bits per heavy atom. The Balaban J connectivity index is 2.68. The molecule has 2 rings (SSSR count). The van der Waals surface area contributed by atoms with Gasteiger partial charge < -0.3 is 0 Å². The van der Waals surface area contributed by atoms with Gasteiger partial charge in [0.25, 0.3) is 5.52 Å². The van der Waals surface area contributed by atoms with E-state index < -0.39 is 0 Å². The molecule has 0 atom stereocenters. The van der Waals surface area contributed by atoms with E-state index >= 15 is 0 Å². The lowest BCUT2D eigenvalue weighted by molar-refractivity contribution is -0.856. The van der Waals surface area contributed by atoms with Gasteiger partial charge in [-0.2, -0.15) is 0 Å². The lowest BCUT2D eigenvalue weighted by Gasteiger charge is -1.95. The Labute approximate surface area is 76.7 Å². The molecule has 0 aliphatic heterocycles. The molecule has 0 bridgehead atoms. The Bertz CT molecular complexity index is 432. The molecular formula is C11H10NO+. The normalized spacial score (nSPS) is 9.85. The van der Waals surface area contributed by atoms with Crippen molar-refractivity contribution in [2.24, 2.45) is 0 Å². The zero-order valence-corrected chi connectivity index (χ0v) is 7.18. The van der Waals surface area contributed by atoms with Crippen LogP contribution in [0.15, 0.2) is 55.4 Å². The van der Waals surface area contributed by atoms with Gasteiger partial charge in [0.15, 0.2) is 6.26 Å². The molecule has 2 heteroatoms. The van der Waals surface area contributed by atoms with Gasteiger partial charge in [-0.3, -0.25) is 0 Å². The Morgan fingerprint density at radius 3 is 2.77 bits per heavy atom. The van der Waals surface area contributed by atoms with Crippen molar-refractivity contribution in [1.29, 1.82) is 0 Å². The number of rotatable bonds is 2. The van der Waals surface area contributed by atoms with Crippen LogP contribution >= 0.6 is 0 Å². The second-order valence-corrected chi connectivity index (χ2v) is 2.66. The maximum atomic E-state index is 5.20. The highest BCUT2D eigenvalue weighted by molar-refractivity contribution is 5.74. The molecule has 1 aromatic heterocycles. The van der Waals surface area contributed by atoms with Gasteiger partial charge in [-0.25, -0.2) is 4.84 Å². The summed E-state index contributed by atoms with van der Waals surface area (Å²) >= 11 is 0. The summed E-state index contributed by atoms with van der Waals surface area (Å²) in [6.07, 6.45) is 3.26. The van der Waals surface area contributed by atoms with Crippen LogP contribution in [0.2, 0.25) is 0 Å². The minimum absolute atomic E-state index is 1.03. The highest BCUT2D eigenvalue weighted by Crippen LogP contribution is 2.06. The summed E-state index contributed by atoms with van der Waals surface area (Å²) < 4.78 is 1.68. The minimum Gasteiger partial charge on any atom is -0.239 e. The van der Waals surface area contributed by atoms with Crippen LogP contribution < -0.4 is 9.57 Å². The molecule has 0 radical (unpaired) electrons. The number of pyridine rings is 1. The maximum Gasteiger partial charge on any atom is 0.265 e. The highest BCUT2D eigenvalue weighted by atomic mass is 16.6. The lowest BCUT2D eigenvalue weighted by atomic mass is 10.2. The molecular weight excluding hydrogens is 162 g/mol. The fourth-order valence-corrected chi connectivity index (χ4v) is 1.31. The maximum absolute atomic E-state index is 5.20. The SMILES string of the molecule is C=CO[n+]1cccc2ccccc21. The first-order valence-corrected chi connectivity index (χ1v) is 4.09. The molecule has 64 valence electrons. The van der Waals surface area contributed by atoms with Gasteiger partial charge in [-0.05, 0) is 12.1 Å². The largest absolute Gasteiger partial charge is 0.265 e. The smallest absolute Gasteiger partial charge is 0.239 e. The van der Waals surface area contributed by atoms with Crippen LogP contribution in [-0.2, 0) is 0 Å². The highest BCUT2D eigenvalue weighted by Gasteiger charge is 2.06. The molecule has 1 aromatic carbocycles. The van der Waals surface area contributed by atoms with Crippen molar-refractivity contribution < 1.29 is 9.57 Å². The van der Waals surface area contributed by atoms with E-state index in [0.29, 0.717) is 0 Å². The molecule has 0 spiro atoms. The molecule has 2 nitrogen and oxygen atoms in total. The third-order valence-electron chi connectivity index (χ3n) is 1.86. The third kappa shape index (κ3) is 1.38. The van der Waals surface area contributed by atoms with Crippen LogP contribution in [0.25, 0.3) is 10.9 Å². The van der Waals surface area contributed by atoms with Crippen LogP contribution in [0.5, 0.6) is 0 Å². The third-order valence-corrected chi connectivity index (χ3v) is 1.86. The average Bonchev–Trinajstić information content (AvgIpc) is 2.19. The quantitative estimate of drug-likeness (QED) is 0.496. The Hall–Kier alpha value is -1.83. The molecule has 2 aromatic rings. The topological polar surface area (TPSA) is 13.1 Å². The monoisotopic (exact) mass is 172 g/mol. The van der Waals surface area contributed by atoms with E-state index in [1.165, 1.54) is 6.26 Å². The summed E-state index contributed by atoms with van der Waals surface area (Å²) in [5.41, 5.74) is 1.03. The van der Waals surface area contributed by atoms with Crippen LogP contribution in [0, 0.1) is 0 Å². The van der Waals surface area contributed by atoms with Crippen molar-refractivity contribution in [1.82, 2.24) is 0 Å². The van der Waals surface area contributed by atoms with Crippen LogP contribution in [-0.4, -0.2) is 0 Å². The summed E-state index contributed by atoms with van der Waals surface area (Å²) in [6.45, 7) is 3.52. The number of fused-ring (bicyclic) bond motifs is 1. The Morgan fingerprint density at radius 1 is 1.15 bits per heavy atom. The van der Waals surface area contributed by atoms with Crippen molar-refractivity contribution in [3.8, 4) is 0 Å². The molecule has 1 heterocycles. The number of nitrogens with zero attached hydrogens (tertiary/aromatic N) is 1. The first-order chi connectivity index (χ1) is 6.42. The first-order valence-electron chi connectivity index (χ1n) is 4.09. The van der Waals surface area contributed by atoms with Crippen LogP contribution in [0.3, 0.4) is 0 Å². The van der Waals surface area contributed by atoms with Crippen LogP contribution in [0.1, 0.15) is 0 Å². The van der Waals surface area contributed by atoms with Crippen molar-refractivity contribution >= 4 is 10.9 Å². The van der Waals surface area contributed by atoms with Crippen molar-refractivity contribution in [2.45, 2.75) is 0 Å². The predicted molar refractivity (Wildman–Crippen MR) is 50.9 cm³/mol. The van der Waals surface area contributed by atoms with Gasteiger partial charge in [0.05, 0.1) is 5.39 Å². The minimum atomic E-state index is 1.03. The van der Waals surface area contributed by atoms with E-state index in [2.05, 4.69) is 6.58 Å². The van der Waals surface area contributed by atoms with Crippen molar-refractivity contribution in [2.75, 3.05) is 0 Å². The van der Waals surface area contributed by atoms with Gasteiger partial charge >= 0.3 is 0 Å². The fourth-order valence-electron chi connectivity index (χ4n) is 1.31. The molecule has 13 heavy (non-hydrogen) atoms. The summed E-state index contributed by atoms with van der Waals surface area (Å²) in [5, 5.41) is 1.15. The first kappa shape index (κ1) is 7.80. The van der Waals surface area contributed by atoms with Gasteiger partial charge in [-0.1, -0.05) is 18.7 Å². The molecule has 0 saturated heterocycles. The summed E-state index contributed by atoms with van der Waals surface area (Å²) in [4.78, 5) is 5.20. The van der Waals surface area contributed by atoms with E-state index in [1.807, 2.05) is 42.6 Å². The molecule has 0 aliphatic rings. The van der Waals surface area contributed by atoms with Gasteiger partial charge in [0.1, 0.15) is 0 Å². The number of benzene rings is 1. The van der Waals surface area contributed by atoms with E-state index in [-0.39, 0.29) is 0 Å². The zero-order chi connectivity index (χ0) is 9.10. The predicted octanol–water partition coefficient (Wildman–Crippen LogP) is 1.70. The zero-order valence-electron chi connectivity index (χ0n) is 7.18. The van der Waals surface area contributed by atoms with E-state index in [0.717, 1.165) is 10.9 Å². The van der Waals surface area contributed by atoms with Gasteiger partial charge in [0, 0.05) is 16.9 Å². The molecule has 0 amide bonds. The van der Waals surface area contributed by atoms with Crippen LogP contribution in [0.4, 0.5) is 0 Å².